The zero-order valence-electron chi connectivity index (χ0n) is 13.8. The van der Waals surface area contributed by atoms with Crippen LogP contribution in [0.3, 0.4) is 0 Å². The Labute approximate surface area is 153 Å². The molecular weight excluding hydrogens is 360 g/mol. The van der Waals surface area contributed by atoms with E-state index in [0.29, 0.717) is 23.0 Å². The number of sulfonamides is 1. The summed E-state index contributed by atoms with van der Waals surface area (Å²) in [4.78, 5) is 10.6. The van der Waals surface area contributed by atoms with Gasteiger partial charge in [0.2, 0.25) is 10.0 Å². The minimum absolute atomic E-state index is 0.0496. The Balaban J connectivity index is 1.47. The summed E-state index contributed by atoms with van der Waals surface area (Å²) in [6.07, 6.45) is 6.96. The zero-order valence-corrected chi connectivity index (χ0v) is 15.4. The molecule has 6 nitrogen and oxygen atoms in total. The third kappa shape index (κ3) is 5.39. The zero-order chi connectivity index (χ0) is 17.7. The van der Waals surface area contributed by atoms with E-state index in [1.807, 2.05) is 0 Å². The predicted octanol–water partition coefficient (Wildman–Crippen LogP) is 2.47. The number of halogens is 1. The van der Waals surface area contributed by atoms with E-state index in [0.717, 1.165) is 31.7 Å². The molecule has 0 saturated carbocycles. The number of aromatic nitrogens is 2. The Morgan fingerprint density at radius 2 is 2.04 bits per heavy atom. The van der Waals surface area contributed by atoms with Gasteiger partial charge in [-0.05, 0) is 36.5 Å². The fourth-order valence-electron chi connectivity index (χ4n) is 2.96. The molecule has 0 spiro atoms. The van der Waals surface area contributed by atoms with Crippen molar-refractivity contribution in [3.05, 3.63) is 53.4 Å². The van der Waals surface area contributed by atoms with E-state index in [4.69, 9.17) is 11.6 Å². The lowest BCUT2D eigenvalue weighted by Gasteiger charge is -2.32. The molecule has 1 aliphatic heterocycles. The molecule has 1 aromatic carbocycles. The first kappa shape index (κ1) is 18.1. The number of nitrogens with one attached hydrogen (secondary N) is 1. The van der Waals surface area contributed by atoms with Gasteiger partial charge in [-0.1, -0.05) is 23.7 Å². The largest absolute Gasteiger partial charge is 0.355 e. The Bertz CT molecular complexity index is 793. The van der Waals surface area contributed by atoms with Crippen LogP contribution in [-0.2, 0) is 15.8 Å². The molecule has 1 aromatic heterocycles. The van der Waals surface area contributed by atoms with Crippen molar-refractivity contribution >= 4 is 27.4 Å². The molecule has 1 N–H and O–H groups in total. The maximum absolute atomic E-state index is 12.3. The Morgan fingerprint density at radius 3 is 2.72 bits per heavy atom. The molecule has 2 heterocycles. The molecule has 0 aliphatic carbocycles. The van der Waals surface area contributed by atoms with Crippen LogP contribution in [0.5, 0.6) is 0 Å². The van der Waals surface area contributed by atoms with Gasteiger partial charge in [-0.2, -0.15) is 0 Å². The van der Waals surface area contributed by atoms with Gasteiger partial charge in [0.15, 0.2) is 0 Å². The lowest BCUT2D eigenvalue weighted by Crippen LogP contribution is -2.39. The maximum atomic E-state index is 12.3. The van der Waals surface area contributed by atoms with Gasteiger partial charge in [-0.25, -0.2) is 18.1 Å². The minimum Gasteiger partial charge on any atom is -0.355 e. The van der Waals surface area contributed by atoms with Crippen molar-refractivity contribution in [2.45, 2.75) is 18.6 Å². The second-order valence-electron chi connectivity index (χ2n) is 6.23. The fourth-order valence-corrected chi connectivity index (χ4v) is 4.39. The molecule has 1 aliphatic rings. The molecule has 25 heavy (non-hydrogen) atoms. The highest BCUT2D eigenvalue weighted by atomic mass is 35.5. The number of hydrogen-bond acceptors (Lipinski definition) is 5. The van der Waals surface area contributed by atoms with Crippen LogP contribution in [0.2, 0.25) is 5.02 Å². The summed E-state index contributed by atoms with van der Waals surface area (Å²) in [6, 6.07) is 6.94. The van der Waals surface area contributed by atoms with Crippen molar-refractivity contribution < 1.29 is 8.42 Å². The van der Waals surface area contributed by atoms with Crippen LogP contribution in [0, 0.1) is 5.92 Å². The fraction of sp³-hybridized carbons (Fsp3) is 0.412. The van der Waals surface area contributed by atoms with Crippen LogP contribution in [0.15, 0.2) is 42.9 Å². The first-order valence-electron chi connectivity index (χ1n) is 8.24. The molecule has 1 saturated heterocycles. The number of hydrogen-bond donors (Lipinski definition) is 1. The average Bonchev–Trinajstić information content (AvgIpc) is 2.61. The summed E-state index contributed by atoms with van der Waals surface area (Å²) >= 11 is 5.91. The van der Waals surface area contributed by atoms with Gasteiger partial charge in [0, 0.05) is 37.1 Å². The van der Waals surface area contributed by atoms with Gasteiger partial charge >= 0.3 is 0 Å². The molecule has 0 radical (unpaired) electrons. The van der Waals surface area contributed by atoms with E-state index < -0.39 is 10.0 Å². The van der Waals surface area contributed by atoms with Crippen LogP contribution in [-0.4, -0.2) is 38.0 Å². The number of rotatable bonds is 6. The van der Waals surface area contributed by atoms with Crippen molar-refractivity contribution in [1.29, 1.82) is 0 Å². The first-order chi connectivity index (χ1) is 12.0. The van der Waals surface area contributed by atoms with Crippen molar-refractivity contribution in [1.82, 2.24) is 14.7 Å². The van der Waals surface area contributed by atoms with Gasteiger partial charge in [0.05, 0.1) is 11.9 Å². The monoisotopic (exact) mass is 380 g/mol. The van der Waals surface area contributed by atoms with Gasteiger partial charge in [0.25, 0.3) is 0 Å². The second kappa shape index (κ2) is 8.12. The Kier molecular flexibility index (Phi) is 5.88. The van der Waals surface area contributed by atoms with E-state index in [1.165, 1.54) is 0 Å². The molecule has 0 atom stereocenters. The van der Waals surface area contributed by atoms with Gasteiger partial charge in [0.1, 0.15) is 5.82 Å². The van der Waals surface area contributed by atoms with Crippen molar-refractivity contribution in [3.8, 4) is 0 Å². The summed E-state index contributed by atoms with van der Waals surface area (Å²) in [5, 5.41) is 0.545. The second-order valence-corrected chi connectivity index (χ2v) is 8.47. The number of benzene rings is 1. The molecule has 0 unspecified atom stereocenters. The van der Waals surface area contributed by atoms with Crippen molar-refractivity contribution in [3.63, 3.8) is 0 Å². The van der Waals surface area contributed by atoms with Crippen molar-refractivity contribution in [2.24, 2.45) is 5.92 Å². The molecule has 1 fully saturated rings. The summed E-state index contributed by atoms with van der Waals surface area (Å²) in [6.45, 7) is 2.19. The SMILES string of the molecule is O=S(=O)(Cc1cccc(Cl)c1)NCC1CCN(c2cnccn2)CC1. The standard InChI is InChI=1S/C17H21ClN4O2S/c18-16-3-1-2-15(10-16)13-25(23,24)21-11-14-4-8-22(9-5-14)17-12-19-6-7-20-17/h1-3,6-7,10,12,14,21H,4-5,8-9,11,13H2. The Morgan fingerprint density at radius 1 is 1.24 bits per heavy atom. The highest BCUT2D eigenvalue weighted by Crippen LogP contribution is 2.21. The van der Waals surface area contributed by atoms with Gasteiger partial charge in [-0.3, -0.25) is 4.98 Å². The van der Waals surface area contributed by atoms with Crippen LogP contribution in [0.1, 0.15) is 18.4 Å². The van der Waals surface area contributed by atoms with Crippen LogP contribution in [0.4, 0.5) is 5.82 Å². The van der Waals surface area contributed by atoms with Crippen LogP contribution < -0.4 is 9.62 Å². The highest BCUT2D eigenvalue weighted by Gasteiger charge is 2.22. The smallest absolute Gasteiger partial charge is 0.215 e. The quantitative estimate of drug-likeness (QED) is 0.833. The summed E-state index contributed by atoms with van der Waals surface area (Å²) in [7, 11) is -3.36. The molecule has 0 bridgehead atoms. The molecule has 3 rings (SSSR count). The third-order valence-corrected chi connectivity index (χ3v) is 5.88. The van der Waals surface area contributed by atoms with Crippen molar-refractivity contribution in [2.75, 3.05) is 24.5 Å². The first-order valence-corrected chi connectivity index (χ1v) is 10.3. The lowest BCUT2D eigenvalue weighted by molar-refractivity contribution is 0.400. The van der Waals surface area contributed by atoms with E-state index in [2.05, 4.69) is 19.6 Å². The summed E-state index contributed by atoms with van der Waals surface area (Å²) in [5.41, 5.74) is 0.692. The lowest BCUT2D eigenvalue weighted by atomic mass is 9.97. The normalized spacial score (nSPS) is 16.1. The Hall–Kier alpha value is -1.70. The van der Waals surface area contributed by atoms with Crippen LogP contribution >= 0.6 is 11.6 Å². The summed E-state index contributed by atoms with van der Waals surface area (Å²) < 4.78 is 27.2. The van der Waals surface area contributed by atoms with Gasteiger partial charge < -0.3 is 4.90 Å². The maximum Gasteiger partial charge on any atom is 0.215 e. The highest BCUT2D eigenvalue weighted by molar-refractivity contribution is 7.88. The number of nitrogens with zero attached hydrogens (tertiary/aromatic N) is 3. The van der Waals surface area contributed by atoms with E-state index >= 15 is 0 Å². The molecule has 0 amide bonds. The molecule has 2 aromatic rings. The van der Waals surface area contributed by atoms with Crippen LogP contribution in [0.25, 0.3) is 0 Å². The average molecular weight is 381 g/mol. The minimum atomic E-state index is -3.36. The topological polar surface area (TPSA) is 75.2 Å². The summed E-state index contributed by atoms with van der Waals surface area (Å²) in [5.74, 6) is 1.16. The van der Waals surface area contributed by atoms with E-state index in [1.54, 1.807) is 42.9 Å². The predicted molar refractivity (Wildman–Crippen MR) is 99.0 cm³/mol. The number of piperidine rings is 1. The molecular formula is C17H21ClN4O2S. The third-order valence-electron chi connectivity index (χ3n) is 4.33. The van der Waals surface area contributed by atoms with E-state index in [9.17, 15) is 8.42 Å². The molecule has 134 valence electrons. The number of anilines is 1. The van der Waals surface area contributed by atoms with Gasteiger partial charge in [-0.15, -0.1) is 0 Å². The van der Waals surface area contributed by atoms with E-state index in [-0.39, 0.29) is 5.75 Å². The molecule has 8 heteroatoms.